The van der Waals surface area contributed by atoms with Gasteiger partial charge in [-0.2, -0.15) is 0 Å². The number of rotatable bonds is 6. The van der Waals surface area contributed by atoms with Crippen molar-refractivity contribution in [2.75, 3.05) is 26.2 Å². The number of fused-ring (bicyclic) bond motifs is 1. The first-order valence-electron chi connectivity index (χ1n) is 10.5. The van der Waals surface area contributed by atoms with Crippen molar-refractivity contribution in [3.8, 4) is 0 Å². The summed E-state index contributed by atoms with van der Waals surface area (Å²) in [4.78, 5) is 42.8. The van der Waals surface area contributed by atoms with Crippen molar-refractivity contribution in [2.45, 2.75) is 25.8 Å². The Morgan fingerprint density at radius 1 is 1.03 bits per heavy atom. The highest BCUT2D eigenvalue weighted by Gasteiger charge is 2.13. The zero-order valence-electron chi connectivity index (χ0n) is 17.2. The molecule has 0 aliphatic carbocycles. The van der Waals surface area contributed by atoms with Crippen molar-refractivity contribution < 1.29 is 9.18 Å². The number of halogens is 1. The summed E-state index contributed by atoms with van der Waals surface area (Å²) in [5.74, 6) is -0.625. The minimum atomic E-state index is -0.579. The third-order valence-corrected chi connectivity index (χ3v) is 5.66. The molecule has 1 aromatic heterocycles. The molecule has 7 nitrogen and oxygen atoms in total. The van der Waals surface area contributed by atoms with Crippen LogP contribution in [0.25, 0.3) is 10.9 Å². The van der Waals surface area contributed by atoms with Gasteiger partial charge in [-0.25, -0.2) is 9.18 Å². The number of aromatic amines is 1. The lowest BCUT2D eigenvalue weighted by Crippen LogP contribution is -2.37. The van der Waals surface area contributed by atoms with Gasteiger partial charge in [-0.1, -0.05) is 18.6 Å². The van der Waals surface area contributed by atoms with Crippen LogP contribution in [0.5, 0.6) is 0 Å². The second-order valence-corrected chi connectivity index (χ2v) is 7.87. The van der Waals surface area contributed by atoms with Crippen LogP contribution in [0, 0.1) is 5.82 Å². The largest absolute Gasteiger partial charge is 0.351 e. The molecule has 0 spiro atoms. The maximum absolute atomic E-state index is 13.1. The summed E-state index contributed by atoms with van der Waals surface area (Å²) in [6.45, 7) is 3.52. The third-order valence-electron chi connectivity index (χ3n) is 5.66. The molecule has 2 N–H and O–H groups in total. The van der Waals surface area contributed by atoms with Crippen molar-refractivity contribution in [2.24, 2.45) is 0 Å². The van der Waals surface area contributed by atoms with E-state index in [1.54, 1.807) is 12.1 Å². The minimum Gasteiger partial charge on any atom is -0.351 e. The highest BCUT2D eigenvalue weighted by molar-refractivity contribution is 5.97. The maximum atomic E-state index is 13.1. The van der Waals surface area contributed by atoms with Gasteiger partial charge in [-0.05, 0) is 61.8 Å². The number of carbonyl (C=O) groups excluding carboxylic acids is 1. The van der Waals surface area contributed by atoms with Gasteiger partial charge in [-0.3, -0.25) is 14.2 Å². The van der Waals surface area contributed by atoms with Crippen LogP contribution in [-0.2, 0) is 6.54 Å². The molecule has 4 rings (SSSR count). The number of H-pyrrole nitrogens is 1. The Morgan fingerprint density at radius 2 is 1.77 bits per heavy atom. The van der Waals surface area contributed by atoms with Crippen LogP contribution in [0.1, 0.15) is 35.2 Å². The molecule has 8 heteroatoms. The van der Waals surface area contributed by atoms with Gasteiger partial charge in [0.1, 0.15) is 5.82 Å². The molecule has 1 fully saturated rings. The van der Waals surface area contributed by atoms with Crippen LogP contribution in [0.4, 0.5) is 4.39 Å². The Balaban J connectivity index is 1.50. The lowest BCUT2D eigenvalue weighted by Gasteiger charge is -2.26. The van der Waals surface area contributed by atoms with E-state index < -0.39 is 11.2 Å². The molecule has 0 unspecified atom stereocenters. The average Bonchev–Trinajstić information content (AvgIpc) is 2.78. The maximum Gasteiger partial charge on any atom is 0.329 e. The molecule has 3 aromatic rings. The second-order valence-electron chi connectivity index (χ2n) is 7.87. The summed E-state index contributed by atoms with van der Waals surface area (Å²) in [5.41, 5.74) is 0.300. The quantitative estimate of drug-likeness (QED) is 0.635. The van der Waals surface area contributed by atoms with Crippen LogP contribution in [0.2, 0.25) is 0 Å². The molecule has 1 amide bonds. The zero-order chi connectivity index (χ0) is 21.8. The smallest absolute Gasteiger partial charge is 0.329 e. The van der Waals surface area contributed by atoms with Crippen LogP contribution >= 0.6 is 0 Å². The van der Waals surface area contributed by atoms with E-state index in [4.69, 9.17) is 0 Å². The van der Waals surface area contributed by atoms with Crippen molar-refractivity contribution in [3.05, 3.63) is 80.2 Å². The van der Waals surface area contributed by atoms with Crippen LogP contribution in [-0.4, -0.2) is 46.5 Å². The second kappa shape index (κ2) is 9.26. The monoisotopic (exact) mass is 424 g/mol. The number of benzene rings is 2. The van der Waals surface area contributed by atoms with E-state index >= 15 is 0 Å². The molecule has 0 bridgehead atoms. The van der Waals surface area contributed by atoms with Crippen LogP contribution in [0.3, 0.4) is 0 Å². The zero-order valence-corrected chi connectivity index (χ0v) is 17.2. The minimum absolute atomic E-state index is 0.0309. The van der Waals surface area contributed by atoms with Gasteiger partial charge in [0.25, 0.3) is 11.5 Å². The van der Waals surface area contributed by atoms with Crippen molar-refractivity contribution in [1.82, 2.24) is 19.8 Å². The average molecular weight is 424 g/mol. The Kier molecular flexibility index (Phi) is 6.27. The summed E-state index contributed by atoms with van der Waals surface area (Å²) in [5, 5.41) is 3.21. The molecule has 0 saturated carbocycles. The van der Waals surface area contributed by atoms with Crippen LogP contribution < -0.4 is 16.6 Å². The van der Waals surface area contributed by atoms with E-state index in [-0.39, 0.29) is 18.3 Å². The van der Waals surface area contributed by atoms with Gasteiger partial charge in [0.05, 0.1) is 17.4 Å². The van der Waals surface area contributed by atoms with Crippen molar-refractivity contribution in [1.29, 1.82) is 0 Å². The SMILES string of the molecule is O=C(NCCN1CCCCC1)c1ccc2c(=O)n(Cc3ccc(F)cc3)c(=O)[nH]c2c1. The van der Waals surface area contributed by atoms with E-state index in [0.29, 0.717) is 28.6 Å². The number of amides is 1. The third kappa shape index (κ3) is 4.91. The molecule has 1 aliphatic heterocycles. The summed E-state index contributed by atoms with van der Waals surface area (Å²) >= 11 is 0. The Hall–Kier alpha value is -3.26. The topological polar surface area (TPSA) is 87.2 Å². The molecular weight excluding hydrogens is 399 g/mol. The molecule has 1 saturated heterocycles. The number of carbonyl (C=O) groups is 1. The fraction of sp³-hybridized carbons (Fsp3) is 0.348. The number of nitrogens with zero attached hydrogens (tertiary/aromatic N) is 2. The number of likely N-dealkylation sites (tertiary alicyclic amines) is 1. The highest BCUT2D eigenvalue weighted by atomic mass is 19.1. The lowest BCUT2D eigenvalue weighted by atomic mass is 10.1. The van der Waals surface area contributed by atoms with Gasteiger partial charge >= 0.3 is 5.69 Å². The number of aromatic nitrogens is 2. The first-order chi connectivity index (χ1) is 15.0. The van der Waals surface area contributed by atoms with Gasteiger partial charge in [0, 0.05) is 18.7 Å². The highest BCUT2D eigenvalue weighted by Crippen LogP contribution is 2.11. The number of hydrogen-bond acceptors (Lipinski definition) is 4. The predicted molar refractivity (Wildman–Crippen MR) is 117 cm³/mol. The van der Waals surface area contributed by atoms with Gasteiger partial charge < -0.3 is 15.2 Å². The first-order valence-corrected chi connectivity index (χ1v) is 10.5. The lowest BCUT2D eigenvalue weighted by molar-refractivity contribution is 0.0946. The fourth-order valence-electron chi connectivity index (χ4n) is 3.92. The Bertz CT molecular complexity index is 1190. The van der Waals surface area contributed by atoms with E-state index in [1.165, 1.54) is 49.6 Å². The number of piperidine rings is 1. The molecule has 0 radical (unpaired) electrons. The normalized spacial score (nSPS) is 14.6. The van der Waals surface area contributed by atoms with E-state index in [9.17, 15) is 18.8 Å². The number of hydrogen-bond donors (Lipinski definition) is 2. The van der Waals surface area contributed by atoms with Gasteiger partial charge in [0.15, 0.2) is 0 Å². The van der Waals surface area contributed by atoms with E-state index in [1.807, 2.05) is 0 Å². The van der Waals surface area contributed by atoms with Gasteiger partial charge in [0.2, 0.25) is 0 Å². The summed E-state index contributed by atoms with van der Waals surface area (Å²) < 4.78 is 14.2. The number of nitrogens with one attached hydrogen (secondary N) is 2. The Morgan fingerprint density at radius 3 is 2.52 bits per heavy atom. The standard InChI is InChI=1S/C23H25FN4O3/c24-18-7-4-16(5-8-18)15-28-22(30)19-9-6-17(14-20(19)26-23(28)31)21(29)25-10-13-27-11-2-1-3-12-27/h4-9,14H,1-3,10-13,15H2,(H,25,29)(H,26,31). The molecule has 31 heavy (non-hydrogen) atoms. The molecule has 2 aromatic carbocycles. The molecular formula is C23H25FN4O3. The van der Waals surface area contributed by atoms with Crippen LogP contribution in [0.15, 0.2) is 52.1 Å². The van der Waals surface area contributed by atoms with Crippen molar-refractivity contribution >= 4 is 16.8 Å². The molecule has 2 heterocycles. The van der Waals surface area contributed by atoms with E-state index in [0.717, 1.165) is 24.2 Å². The molecule has 162 valence electrons. The summed E-state index contributed by atoms with van der Waals surface area (Å²) in [7, 11) is 0. The van der Waals surface area contributed by atoms with E-state index in [2.05, 4.69) is 15.2 Å². The molecule has 1 aliphatic rings. The predicted octanol–water partition coefficient (Wildman–Crippen LogP) is 2.09. The van der Waals surface area contributed by atoms with Crippen molar-refractivity contribution in [3.63, 3.8) is 0 Å². The summed E-state index contributed by atoms with van der Waals surface area (Å²) in [6.07, 6.45) is 3.67. The summed E-state index contributed by atoms with van der Waals surface area (Å²) in [6, 6.07) is 10.3. The first kappa shape index (κ1) is 21.0. The Labute approximate surface area is 178 Å². The fourth-order valence-corrected chi connectivity index (χ4v) is 3.92. The van der Waals surface area contributed by atoms with Gasteiger partial charge in [-0.15, -0.1) is 0 Å². The molecule has 0 atom stereocenters.